The normalized spacial score (nSPS) is 14.4. The molecule has 0 unspecified atom stereocenters. The van der Waals surface area contributed by atoms with Crippen molar-refractivity contribution in [3.63, 3.8) is 0 Å². The van der Waals surface area contributed by atoms with E-state index in [0.29, 0.717) is 31.2 Å². The van der Waals surface area contributed by atoms with Crippen molar-refractivity contribution in [1.82, 2.24) is 4.90 Å². The van der Waals surface area contributed by atoms with E-state index in [0.717, 1.165) is 5.69 Å². The Kier molecular flexibility index (Phi) is 6.01. The zero-order chi connectivity index (χ0) is 19.4. The molecule has 0 spiro atoms. The second-order valence-electron chi connectivity index (χ2n) is 5.95. The summed E-state index contributed by atoms with van der Waals surface area (Å²) in [5.74, 6) is -0.521. The van der Waals surface area contributed by atoms with E-state index in [9.17, 15) is 13.6 Å². The van der Waals surface area contributed by atoms with Crippen LogP contribution in [0.2, 0.25) is 5.02 Å². The minimum Gasteiger partial charge on any atom is -0.493 e. The second-order valence-corrected chi connectivity index (χ2v) is 6.35. The number of amides is 1. The van der Waals surface area contributed by atoms with E-state index in [1.54, 1.807) is 11.0 Å². The van der Waals surface area contributed by atoms with Crippen molar-refractivity contribution in [2.45, 2.75) is 6.61 Å². The molecule has 144 valence electrons. The zero-order valence-corrected chi connectivity index (χ0v) is 15.5. The Morgan fingerprint density at radius 2 is 1.78 bits per heavy atom. The molecule has 1 saturated heterocycles. The first-order chi connectivity index (χ1) is 13.0. The third-order valence-electron chi connectivity index (χ3n) is 4.40. The van der Waals surface area contributed by atoms with Crippen LogP contribution in [0.4, 0.5) is 14.5 Å². The lowest BCUT2D eigenvalue weighted by Gasteiger charge is -2.36. The molecule has 0 radical (unpaired) electrons. The van der Waals surface area contributed by atoms with Crippen LogP contribution in [0.5, 0.6) is 11.5 Å². The summed E-state index contributed by atoms with van der Waals surface area (Å²) in [6, 6.07) is 12.0. The first-order valence-corrected chi connectivity index (χ1v) is 8.79. The van der Waals surface area contributed by atoms with Gasteiger partial charge >= 0.3 is 6.61 Å². The molecule has 8 heteroatoms. The molecule has 2 aromatic rings. The van der Waals surface area contributed by atoms with E-state index in [4.69, 9.17) is 16.3 Å². The Labute approximate surface area is 161 Å². The van der Waals surface area contributed by atoms with Gasteiger partial charge in [-0.1, -0.05) is 29.8 Å². The summed E-state index contributed by atoms with van der Waals surface area (Å²) in [7, 11) is 1.34. The molecule has 5 nitrogen and oxygen atoms in total. The fraction of sp³-hybridized carbons (Fsp3) is 0.316. The summed E-state index contributed by atoms with van der Waals surface area (Å²) < 4.78 is 35.2. The van der Waals surface area contributed by atoms with Crippen LogP contribution in [-0.4, -0.2) is 50.7 Å². The number of carbonyl (C=O) groups excluding carboxylic acids is 1. The Hall–Kier alpha value is -2.54. The van der Waals surface area contributed by atoms with Gasteiger partial charge in [0, 0.05) is 26.2 Å². The molecule has 1 heterocycles. The van der Waals surface area contributed by atoms with Crippen LogP contribution in [0.1, 0.15) is 10.4 Å². The number of halogens is 3. The smallest absolute Gasteiger partial charge is 0.387 e. The van der Waals surface area contributed by atoms with Crippen LogP contribution < -0.4 is 14.4 Å². The van der Waals surface area contributed by atoms with E-state index >= 15 is 0 Å². The summed E-state index contributed by atoms with van der Waals surface area (Å²) in [4.78, 5) is 16.6. The molecular weight excluding hydrogens is 378 g/mol. The molecule has 0 N–H and O–H groups in total. The lowest BCUT2D eigenvalue weighted by molar-refractivity contribution is -0.0516. The number of para-hydroxylation sites is 2. The standard InChI is InChI=1S/C19H19ClF2N2O3/c1-26-16-8-4-5-13(17(16)27-19(21)22)18(25)24-11-9-23(10-12-24)15-7-3-2-6-14(15)20/h2-8,19H,9-12H2,1H3. The number of alkyl halides is 2. The first kappa shape index (κ1) is 19.2. The van der Waals surface area contributed by atoms with E-state index < -0.39 is 6.61 Å². The second kappa shape index (κ2) is 8.43. The molecule has 2 aromatic carbocycles. The number of ether oxygens (including phenoxy) is 2. The van der Waals surface area contributed by atoms with Gasteiger partial charge in [-0.3, -0.25) is 4.79 Å². The Balaban J connectivity index is 1.75. The van der Waals surface area contributed by atoms with Crippen molar-refractivity contribution in [3.05, 3.63) is 53.1 Å². The van der Waals surface area contributed by atoms with Crippen molar-refractivity contribution in [1.29, 1.82) is 0 Å². The minimum absolute atomic E-state index is 0.0563. The maximum absolute atomic E-state index is 12.9. The molecular formula is C19H19ClF2N2O3. The molecule has 0 bridgehead atoms. The molecule has 3 rings (SSSR count). The molecule has 1 amide bonds. The Bertz CT molecular complexity index is 811. The highest BCUT2D eigenvalue weighted by Gasteiger charge is 2.27. The van der Waals surface area contributed by atoms with E-state index in [1.807, 2.05) is 24.3 Å². The monoisotopic (exact) mass is 396 g/mol. The van der Waals surface area contributed by atoms with Crippen molar-refractivity contribution in [2.24, 2.45) is 0 Å². The summed E-state index contributed by atoms with van der Waals surface area (Å²) in [6.45, 7) is -0.996. The molecule has 0 atom stereocenters. The SMILES string of the molecule is COc1cccc(C(=O)N2CCN(c3ccccc3Cl)CC2)c1OC(F)F. The number of hydrogen-bond donors (Lipinski definition) is 0. The third-order valence-corrected chi connectivity index (χ3v) is 4.72. The van der Waals surface area contributed by atoms with Gasteiger partial charge in [0.05, 0.1) is 23.4 Å². The number of carbonyl (C=O) groups is 1. The number of methoxy groups -OCH3 is 1. The number of piperazine rings is 1. The Morgan fingerprint density at radius 1 is 1.07 bits per heavy atom. The average molecular weight is 397 g/mol. The van der Waals surface area contributed by atoms with Gasteiger partial charge < -0.3 is 19.3 Å². The van der Waals surface area contributed by atoms with Crippen LogP contribution in [0.25, 0.3) is 0 Å². The van der Waals surface area contributed by atoms with E-state index in [2.05, 4.69) is 9.64 Å². The summed E-state index contributed by atoms with van der Waals surface area (Å²) in [5, 5.41) is 0.651. The predicted octanol–water partition coefficient (Wildman–Crippen LogP) is 3.91. The maximum Gasteiger partial charge on any atom is 0.387 e. The van der Waals surface area contributed by atoms with Gasteiger partial charge in [-0.25, -0.2) is 0 Å². The topological polar surface area (TPSA) is 42.0 Å². The van der Waals surface area contributed by atoms with Gasteiger partial charge in [-0.2, -0.15) is 8.78 Å². The van der Waals surface area contributed by atoms with Gasteiger partial charge in [0.15, 0.2) is 11.5 Å². The lowest BCUT2D eigenvalue weighted by Crippen LogP contribution is -2.49. The first-order valence-electron chi connectivity index (χ1n) is 8.42. The number of benzene rings is 2. The largest absolute Gasteiger partial charge is 0.493 e. The van der Waals surface area contributed by atoms with Crippen molar-refractivity contribution in [3.8, 4) is 11.5 Å². The Morgan fingerprint density at radius 3 is 2.41 bits per heavy atom. The van der Waals surface area contributed by atoms with Gasteiger partial charge in [0.25, 0.3) is 5.91 Å². The summed E-state index contributed by atoms with van der Waals surface area (Å²) in [5.41, 5.74) is 0.968. The molecule has 1 aliphatic rings. The molecule has 0 saturated carbocycles. The van der Waals surface area contributed by atoms with Crippen LogP contribution in [0.3, 0.4) is 0 Å². The fourth-order valence-electron chi connectivity index (χ4n) is 3.08. The zero-order valence-electron chi connectivity index (χ0n) is 14.7. The highest BCUT2D eigenvalue weighted by molar-refractivity contribution is 6.33. The molecule has 0 aromatic heterocycles. The van der Waals surface area contributed by atoms with Crippen LogP contribution in [-0.2, 0) is 0 Å². The van der Waals surface area contributed by atoms with Crippen LogP contribution >= 0.6 is 11.6 Å². The van der Waals surface area contributed by atoms with Crippen molar-refractivity contribution in [2.75, 3.05) is 38.2 Å². The summed E-state index contributed by atoms with van der Waals surface area (Å²) in [6.07, 6.45) is 0. The summed E-state index contributed by atoms with van der Waals surface area (Å²) >= 11 is 6.23. The van der Waals surface area contributed by atoms with E-state index in [1.165, 1.54) is 19.2 Å². The highest BCUT2D eigenvalue weighted by Crippen LogP contribution is 2.34. The minimum atomic E-state index is -3.05. The number of hydrogen-bond acceptors (Lipinski definition) is 4. The van der Waals surface area contributed by atoms with Crippen LogP contribution in [0.15, 0.2) is 42.5 Å². The molecule has 1 fully saturated rings. The third kappa shape index (κ3) is 4.24. The van der Waals surface area contributed by atoms with Crippen molar-refractivity contribution >= 4 is 23.2 Å². The van der Waals surface area contributed by atoms with Gasteiger partial charge in [0.1, 0.15) is 0 Å². The quantitative estimate of drug-likeness (QED) is 0.768. The average Bonchev–Trinajstić information content (AvgIpc) is 2.68. The fourth-order valence-corrected chi connectivity index (χ4v) is 3.34. The van der Waals surface area contributed by atoms with Gasteiger partial charge in [0.2, 0.25) is 0 Å². The van der Waals surface area contributed by atoms with Gasteiger partial charge in [-0.15, -0.1) is 0 Å². The lowest BCUT2D eigenvalue weighted by atomic mass is 10.1. The number of nitrogens with zero attached hydrogens (tertiary/aromatic N) is 2. The maximum atomic E-state index is 12.9. The highest BCUT2D eigenvalue weighted by atomic mass is 35.5. The molecule has 1 aliphatic heterocycles. The van der Waals surface area contributed by atoms with E-state index in [-0.39, 0.29) is 23.0 Å². The van der Waals surface area contributed by atoms with Crippen LogP contribution in [0, 0.1) is 0 Å². The van der Waals surface area contributed by atoms with Crippen molar-refractivity contribution < 1.29 is 23.0 Å². The number of anilines is 1. The molecule has 27 heavy (non-hydrogen) atoms. The van der Waals surface area contributed by atoms with Gasteiger partial charge in [-0.05, 0) is 24.3 Å². The number of rotatable bonds is 5. The predicted molar refractivity (Wildman–Crippen MR) is 99.2 cm³/mol. The molecule has 0 aliphatic carbocycles.